The van der Waals surface area contributed by atoms with Gasteiger partial charge in [0.2, 0.25) is 0 Å². The second-order valence-electron chi connectivity index (χ2n) is 5.30. The van der Waals surface area contributed by atoms with E-state index in [9.17, 15) is 9.59 Å². The van der Waals surface area contributed by atoms with Gasteiger partial charge in [0, 0.05) is 12.6 Å². The highest BCUT2D eigenvalue weighted by Crippen LogP contribution is 2.19. The molecule has 1 heterocycles. The van der Waals surface area contributed by atoms with Crippen LogP contribution in [-0.4, -0.2) is 37.6 Å². The summed E-state index contributed by atoms with van der Waals surface area (Å²) in [5, 5.41) is 6.28. The number of carbonyl (C=O) groups excluding carboxylic acids is 2. The van der Waals surface area contributed by atoms with Gasteiger partial charge in [-0.2, -0.15) is 0 Å². The molecule has 0 radical (unpaired) electrons. The molecule has 1 aromatic carbocycles. The van der Waals surface area contributed by atoms with Crippen LogP contribution in [0.2, 0.25) is 0 Å². The van der Waals surface area contributed by atoms with Crippen LogP contribution in [0, 0.1) is 5.92 Å². The minimum absolute atomic E-state index is 0.0930. The van der Waals surface area contributed by atoms with E-state index >= 15 is 0 Å². The maximum Gasteiger partial charge on any atom is 0.255 e. The number of ether oxygens (including phenoxy) is 1. The van der Waals surface area contributed by atoms with Crippen LogP contribution >= 0.6 is 0 Å². The van der Waals surface area contributed by atoms with Crippen molar-refractivity contribution in [2.45, 2.75) is 19.4 Å². The van der Waals surface area contributed by atoms with Crippen LogP contribution in [0.1, 0.15) is 23.7 Å². The van der Waals surface area contributed by atoms with Gasteiger partial charge in [-0.05, 0) is 31.0 Å². The Kier molecular flexibility index (Phi) is 5.16. The van der Waals surface area contributed by atoms with Crippen molar-refractivity contribution in [3.8, 4) is 5.75 Å². The van der Waals surface area contributed by atoms with Gasteiger partial charge in [0.05, 0.1) is 5.56 Å². The van der Waals surface area contributed by atoms with E-state index in [0.29, 0.717) is 17.2 Å². The largest absolute Gasteiger partial charge is 0.483 e. The standard InChI is InChI=1S/C15H21N3O3/c1-10-6-7-17-8-12(10)18-15(20)11-4-2-3-5-13(11)21-9-14(16)19/h2-5,10,12,17H,6-9H2,1H3,(H2,16,19)(H,18,20). The van der Waals surface area contributed by atoms with Gasteiger partial charge in [-0.1, -0.05) is 19.1 Å². The lowest BCUT2D eigenvalue weighted by molar-refractivity contribution is -0.119. The van der Waals surface area contributed by atoms with E-state index in [2.05, 4.69) is 17.6 Å². The number of carbonyl (C=O) groups is 2. The number of hydrogen-bond acceptors (Lipinski definition) is 4. The average Bonchev–Trinajstić information content (AvgIpc) is 2.47. The topological polar surface area (TPSA) is 93.4 Å². The fourth-order valence-corrected chi connectivity index (χ4v) is 2.36. The van der Waals surface area contributed by atoms with E-state index in [0.717, 1.165) is 19.5 Å². The van der Waals surface area contributed by atoms with Gasteiger partial charge < -0.3 is 21.1 Å². The number of piperidine rings is 1. The maximum absolute atomic E-state index is 12.4. The Morgan fingerprint density at radius 1 is 1.43 bits per heavy atom. The zero-order chi connectivity index (χ0) is 15.2. The summed E-state index contributed by atoms with van der Waals surface area (Å²) >= 11 is 0. The predicted molar refractivity (Wildman–Crippen MR) is 79.0 cm³/mol. The molecule has 1 fully saturated rings. The van der Waals surface area contributed by atoms with Gasteiger partial charge >= 0.3 is 0 Å². The average molecular weight is 291 g/mol. The normalized spacial score (nSPS) is 21.6. The van der Waals surface area contributed by atoms with Gasteiger partial charge in [0.1, 0.15) is 5.75 Å². The smallest absolute Gasteiger partial charge is 0.255 e. The van der Waals surface area contributed by atoms with Crippen molar-refractivity contribution >= 4 is 11.8 Å². The van der Waals surface area contributed by atoms with Gasteiger partial charge in [0.15, 0.2) is 6.61 Å². The molecule has 1 aliphatic rings. The molecule has 1 saturated heterocycles. The Bertz CT molecular complexity index is 519. The highest BCUT2D eigenvalue weighted by Gasteiger charge is 2.24. The zero-order valence-electron chi connectivity index (χ0n) is 12.1. The Labute approximate surface area is 124 Å². The number of rotatable bonds is 5. The van der Waals surface area contributed by atoms with Gasteiger partial charge in [0.25, 0.3) is 11.8 Å². The molecule has 1 aromatic rings. The summed E-state index contributed by atoms with van der Waals surface area (Å²) in [6, 6.07) is 6.93. The monoisotopic (exact) mass is 291 g/mol. The van der Waals surface area contributed by atoms with Crippen molar-refractivity contribution in [3.05, 3.63) is 29.8 Å². The number of amides is 2. The van der Waals surface area contributed by atoms with Crippen LogP contribution in [0.25, 0.3) is 0 Å². The second kappa shape index (κ2) is 7.08. The zero-order valence-corrected chi connectivity index (χ0v) is 12.1. The third-order valence-electron chi connectivity index (χ3n) is 3.65. The molecule has 2 amide bonds. The number of para-hydroxylation sites is 1. The van der Waals surface area contributed by atoms with Gasteiger partial charge in [-0.25, -0.2) is 0 Å². The van der Waals surface area contributed by atoms with Crippen molar-refractivity contribution in [3.63, 3.8) is 0 Å². The Morgan fingerprint density at radius 2 is 2.19 bits per heavy atom. The third-order valence-corrected chi connectivity index (χ3v) is 3.65. The van der Waals surface area contributed by atoms with Crippen LogP contribution in [-0.2, 0) is 4.79 Å². The van der Waals surface area contributed by atoms with Crippen molar-refractivity contribution in [1.82, 2.24) is 10.6 Å². The molecule has 6 heteroatoms. The van der Waals surface area contributed by atoms with Crippen molar-refractivity contribution < 1.29 is 14.3 Å². The highest BCUT2D eigenvalue weighted by atomic mass is 16.5. The number of benzene rings is 1. The summed E-state index contributed by atoms with van der Waals surface area (Å²) in [4.78, 5) is 23.2. The first kappa shape index (κ1) is 15.3. The van der Waals surface area contributed by atoms with E-state index in [1.54, 1.807) is 24.3 Å². The Hall–Kier alpha value is -2.08. The summed E-state index contributed by atoms with van der Waals surface area (Å²) in [5.74, 6) is 0.0186. The number of nitrogens with one attached hydrogen (secondary N) is 2. The molecule has 21 heavy (non-hydrogen) atoms. The van der Waals surface area contributed by atoms with Crippen LogP contribution in [0.4, 0.5) is 0 Å². The molecule has 1 aliphatic heterocycles. The van der Waals surface area contributed by atoms with Crippen LogP contribution in [0.3, 0.4) is 0 Å². The van der Waals surface area contributed by atoms with E-state index in [1.807, 2.05) is 0 Å². The highest BCUT2D eigenvalue weighted by molar-refractivity contribution is 5.97. The fourth-order valence-electron chi connectivity index (χ4n) is 2.36. The number of primary amides is 1. The molecule has 0 aromatic heterocycles. The fraction of sp³-hybridized carbons (Fsp3) is 0.467. The quantitative estimate of drug-likeness (QED) is 0.726. The molecule has 2 atom stereocenters. The van der Waals surface area contributed by atoms with Gasteiger partial charge in [-0.3, -0.25) is 9.59 Å². The lowest BCUT2D eigenvalue weighted by atomic mass is 9.94. The number of nitrogens with two attached hydrogens (primary N) is 1. The summed E-state index contributed by atoms with van der Waals surface area (Å²) in [6.07, 6.45) is 1.03. The molecule has 0 saturated carbocycles. The molecule has 114 valence electrons. The molecule has 0 bridgehead atoms. The molecule has 4 N–H and O–H groups in total. The van der Waals surface area contributed by atoms with Crippen LogP contribution in [0.15, 0.2) is 24.3 Å². The Balaban J connectivity index is 2.06. The molecule has 6 nitrogen and oxygen atoms in total. The molecule has 2 unspecified atom stereocenters. The van der Waals surface area contributed by atoms with Crippen molar-refractivity contribution in [2.75, 3.05) is 19.7 Å². The predicted octanol–water partition coefficient (Wildman–Crippen LogP) is 0.279. The minimum atomic E-state index is -0.574. The molecule has 2 rings (SSSR count). The van der Waals surface area contributed by atoms with E-state index in [-0.39, 0.29) is 18.6 Å². The molecular formula is C15H21N3O3. The molecule has 0 aliphatic carbocycles. The second-order valence-corrected chi connectivity index (χ2v) is 5.30. The first-order chi connectivity index (χ1) is 10.1. The minimum Gasteiger partial charge on any atom is -0.483 e. The third kappa shape index (κ3) is 4.19. The van der Waals surface area contributed by atoms with E-state index in [4.69, 9.17) is 10.5 Å². The molecular weight excluding hydrogens is 270 g/mol. The summed E-state index contributed by atoms with van der Waals surface area (Å²) in [5.41, 5.74) is 5.47. The summed E-state index contributed by atoms with van der Waals surface area (Å²) in [7, 11) is 0. The summed E-state index contributed by atoms with van der Waals surface area (Å²) in [6.45, 7) is 3.62. The first-order valence-corrected chi connectivity index (χ1v) is 7.09. The lowest BCUT2D eigenvalue weighted by Gasteiger charge is -2.30. The van der Waals surface area contributed by atoms with Crippen molar-refractivity contribution in [1.29, 1.82) is 0 Å². The first-order valence-electron chi connectivity index (χ1n) is 7.09. The SMILES string of the molecule is CC1CCNCC1NC(=O)c1ccccc1OCC(N)=O. The lowest BCUT2D eigenvalue weighted by Crippen LogP contribution is -2.50. The van der Waals surface area contributed by atoms with Crippen molar-refractivity contribution in [2.24, 2.45) is 11.7 Å². The summed E-state index contributed by atoms with van der Waals surface area (Å²) < 4.78 is 5.28. The molecule has 0 spiro atoms. The number of hydrogen-bond donors (Lipinski definition) is 3. The van der Waals surface area contributed by atoms with Crippen LogP contribution in [0.5, 0.6) is 5.75 Å². The van der Waals surface area contributed by atoms with E-state index in [1.165, 1.54) is 0 Å². The van der Waals surface area contributed by atoms with E-state index < -0.39 is 5.91 Å². The van der Waals surface area contributed by atoms with Crippen LogP contribution < -0.4 is 21.1 Å². The Morgan fingerprint density at radius 3 is 2.90 bits per heavy atom. The maximum atomic E-state index is 12.4. The van der Waals surface area contributed by atoms with Gasteiger partial charge in [-0.15, -0.1) is 0 Å².